The quantitative estimate of drug-likeness (QED) is 0.764. The Morgan fingerprint density at radius 1 is 1.35 bits per heavy atom. The Morgan fingerprint density at radius 3 is 2.92 bits per heavy atom. The largest absolute Gasteiger partial charge is 0.487 e. The van der Waals surface area contributed by atoms with Gasteiger partial charge in [0.15, 0.2) is 0 Å². The number of para-hydroxylation sites is 1. The minimum atomic E-state index is -0.773. The van der Waals surface area contributed by atoms with Crippen LogP contribution in [0.3, 0.4) is 0 Å². The van der Waals surface area contributed by atoms with Gasteiger partial charge in [-0.15, -0.1) is 0 Å². The highest BCUT2D eigenvalue weighted by Crippen LogP contribution is 2.26. The summed E-state index contributed by atoms with van der Waals surface area (Å²) < 4.78 is 5.81. The number of aliphatic hydroxyl groups is 1. The van der Waals surface area contributed by atoms with E-state index in [1.54, 1.807) is 0 Å². The van der Waals surface area contributed by atoms with Crippen molar-refractivity contribution in [2.45, 2.75) is 31.5 Å². The molecule has 2 aliphatic rings. The lowest BCUT2D eigenvalue weighted by molar-refractivity contribution is -0.00416. The van der Waals surface area contributed by atoms with Crippen LogP contribution in [0.2, 0.25) is 0 Å². The highest BCUT2D eigenvalue weighted by molar-refractivity contribution is 5.41. The molecule has 7 nitrogen and oxygen atoms in total. The normalized spacial score (nSPS) is 19.0. The van der Waals surface area contributed by atoms with Crippen molar-refractivity contribution in [3.05, 3.63) is 51.4 Å². The van der Waals surface area contributed by atoms with Gasteiger partial charge in [-0.3, -0.25) is 9.78 Å². The molecule has 0 atom stereocenters. The van der Waals surface area contributed by atoms with Gasteiger partial charge in [-0.2, -0.15) is 0 Å². The summed E-state index contributed by atoms with van der Waals surface area (Å²) in [5.74, 6) is 1.18. The van der Waals surface area contributed by atoms with Crippen molar-refractivity contribution in [2.75, 3.05) is 32.0 Å². The Hall–Kier alpha value is -2.38. The molecule has 4 rings (SSSR count). The van der Waals surface area contributed by atoms with Crippen molar-refractivity contribution in [2.24, 2.45) is 0 Å². The predicted octanol–water partition coefficient (Wildman–Crippen LogP) is 1.12. The van der Waals surface area contributed by atoms with Crippen LogP contribution in [-0.2, 0) is 13.0 Å². The molecule has 1 aromatic heterocycles. The number of piperidine rings is 1. The summed E-state index contributed by atoms with van der Waals surface area (Å²) in [4.78, 5) is 22.1. The van der Waals surface area contributed by atoms with Crippen molar-refractivity contribution in [3.8, 4) is 5.75 Å². The number of aromatic amines is 1. The van der Waals surface area contributed by atoms with Crippen molar-refractivity contribution >= 4 is 5.95 Å². The van der Waals surface area contributed by atoms with E-state index < -0.39 is 5.60 Å². The lowest BCUT2D eigenvalue weighted by atomic mass is 9.92. The molecule has 26 heavy (non-hydrogen) atoms. The zero-order valence-electron chi connectivity index (χ0n) is 14.9. The van der Waals surface area contributed by atoms with Crippen LogP contribution >= 0.6 is 0 Å². The topological polar surface area (TPSA) is 90.5 Å². The molecule has 1 saturated heterocycles. The van der Waals surface area contributed by atoms with Crippen LogP contribution < -0.4 is 15.6 Å². The number of benzene rings is 1. The molecule has 3 N–H and O–H groups in total. The molecular formula is C19H24N4O3. The van der Waals surface area contributed by atoms with Gasteiger partial charge in [-0.05, 0) is 31.5 Å². The summed E-state index contributed by atoms with van der Waals surface area (Å²) in [6, 6.07) is 7.73. The van der Waals surface area contributed by atoms with E-state index in [0.717, 1.165) is 24.4 Å². The SMILES string of the molecule is CN1CCC(O)(CNc2nc3c(c(=O)[nH]2)Cc2ccccc2OC3)CC1. The fourth-order valence-corrected chi connectivity index (χ4v) is 3.52. The van der Waals surface area contributed by atoms with E-state index in [1.165, 1.54) is 0 Å². The van der Waals surface area contributed by atoms with Gasteiger partial charge in [-0.1, -0.05) is 18.2 Å². The summed E-state index contributed by atoms with van der Waals surface area (Å²) in [6.45, 7) is 2.35. The zero-order chi connectivity index (χ0) is 18.1. The Bertz CT molecular complexity index is 856. The van der Waals surface area contributed by atoms with Crippen LogP contribution in [0.1, 0.15) is 29.7 Å². The third kappa shape index (κ3) is 3.45. The molecule has 2 aliphatic heterocycles. The second-order valence-corrected chi connectivity index (χ2v) is 7.29. The van der Waals surface area contributed by atoms with Gasteiger partial charge < -0.3 is 20.1 Å². The summed E-state index contributed by atoms with van der Waals surface area (Å²) in [7, 11) is 2.05. The van der Waals surface area contributed by atoms with Gasteiger partial charge in [-0.25, -0.2) is 4.98 Å². The minimum absolute atomic E-state index is 0.159. The van der Waals surface area contributed by atoms with Gasteiger partial charge in [0.05, 0.1) is 11.3 Å². The summed E-state index contributed by atoms with van der Waals surface area (Å²) >= 11 is 0. The number of fused-ring (bicyclic) bond motifs is 2. The van der Waals surface area contributed by atoms with Crippen LogP contribution in [0.25, 0.3) is 0 Å². The van der Waals surface area contributed by atoms with E-state index in [2.05, 4.69) is 27.2 Å². The molecule has 0 radical (unpaired) electrons. The van der Waals surface area contributed by atoms with Crippen LogP contribution in [0.15, 0.2) is 29.1 Å². The second kappa shape index (κ2) is 6.74. The maximum atomic E-state index is 12.6. The van der Waals surface area contributed by atoms with E-state index in [4.69, 9.17) is 4.74 Å². The Kier molecular flexibility index (Phi) is 4.42. The molecule has 1 aromatic carbocycles. The van der Waals surface area contributed by atoms with Crippen molar-refractivity contribution in [1.29, 1.82) is 0 Å². The van der Waals surface area contributed by atoms with E-state index in [0.29, 0.717) is 43.0 Å². The molecule has 7 heteroatoms. The minimum Gasteiger partial charge on any atom is -0.487 e. The molecule has 0 saturated carbocycles. The standard InChI is InChI=1S/C19H24N4O3/c1-23-8-6-19(25,7-9-23)12-20-18-21-15-11-26-16-5-3-2-4-13(16)10-14(15)17(24)22-18/h2-5,25H,6-12H2,1H3,(H2,20,21,22,24). The zero-order valence-corrected chi connectivity index (χ0v) is 14.9. The first-order valence-electron chi connectivity index (χ1n) is 9.00. The van der Waals surface area contributed by atoms with Gasteiger partial charge >= 0.3 is 0 Å². The van der Waals surface area contributed by atoms with E-state index in [-0.39, 0.29) is 12.2 Å². The van der Waals surface area contributed by atoms with E-state index in [9.17, 15) is 9.90 Å². The summed E-state index contributed by atoms with van der Waals surface area (Å²) in [6.07, 6.45) is 1.90. The van der Waals surface area contributed by atoms with E-state index in [1.807, 2.05) is 24.3 Å². The van der Waals surface area contributed by atoms with Gasteiger partial charge in [0, 0.05) is 31.6 Å². The number of H-pyrrole nitrogens is 1. The Morgan fingerprint density at radius 2 is 2.12 bits per heavy atom. The van der Waals surface area contributed by atoms with Crippen LogP contribution in [0.5, 0.6) is 5.75 Å². The number of rotatable bonds is 3. The van der Waals surface area contributed by atoms with Crippen LogP contribution in [0.4, 0.5) is 5.95 Å². The van der Waals surface area contributed by atoms with Crippen LogP contribution in [-0.4, -0.2) is 52.3 Å². The summed E-state index contributed by atoms with van der Waals surface area (Å²) in [5.41, 5.74) is 1.33. The van der Waals surface area contributed by atoms with Crippen molar-refractivity contribution < 1.29 is 9.84 Å². The molecule has 3 heterocycles. The first-order chi connectivity index (χ1) is 12.5. The molecule has 0 aliphatic carbocycles. The van der Waals surface area contributed by atoms with Crippen molar-refractivity contribution in [1.82, 2.24) is 14.9 Å². The average Bonchev–Trinajstić information content (AvgIpc) is 2.83. The maximum absolute atomic E-state index is 12.6. The van der Waals surface area contributed by atoms with Crippen LogP contribution in [0, 0.1) is 0 Å². The van der Waals surface area contributed by atoms with Crippen molar-refractivity contribution in [3.63, 3.8) is 0 Å². The monoisotopic (exact) mass is 356 g/mol. The molecule has 138 valence electrons. The smallest absolute Gasteiger partial charge is 0.256 e. The molecule has 2 aromatic rings. The first-order valence-corrected chi connectivity index (χ1v) is 9.00. The number of nitrogens with zero attached hydrogens (tertiary/aromatic N) is 2. The predicted molar refractivity (Wildman–Crippen MR) is 98.6 cm³/mol. The number of nitrogens with one attached hydrogen (secondary N) is 2. The number of anilines is 1. The van der Waals surface area contributed by atoms with Gasteiger partial charge in [0.25, 0.3) is 5.56 Å². The van der Waals surface area contributed by atoms with E-state index >= 15 is 0 Å². The molecule has 0 unspecified atom stereocenters. The molecule has 0 spiro atoms. The Balaban J connectivity index is 1.52. The first kappa shape index (κ1) is 17.1. The second-order valence-electron chi connectivity index (χ2n) is 7.29. The fraction of sp³-hybridized carbons (Fsp3) is 0.474. The van der Waals surface area contributed by atoms with Gasteiger partial charge in [0.2, 0.25) is 5.95 Å². The Labute approximate surface area is 152 Å². The molecule has 1 fully saturated rings. The number of ether oxygens (including phenoxy) is 1. The lowest BCUT2D eigenvalue weighted by Crippen LogP contribution is -2.47. The highest BCUT2D eigenvalue weighted by atomic mass is 16.5. The molecule has 0 amide bonds. The summed E-state index contributed by atoms with van der Waals surface area (Å²) in [5, 5.41) is 13.8. The number of likely N-dealkylation sites (tertiary alicyclic amines) is 1. The third-order valence-corrected chi connectivity index (χ3v) is 5.31. The number of hydrogen-bond donors (Lipinski definition) is 3. The molecular weight excluding hydrogens is 332 g/mol. The number of aromatic nitrogens is 2. The maximum Gasteiger partial charge on any atom is 0.256 e. The lowest BCUT2D eigenvalue weighted by Gasteiger charge is -2.36. The third-order valence-electron chi connectivity index (χ3n) is 5.31. The number of hydrogen-bond acceptors (Lipinski definition) is 6. The van der Waals surface area contributed by atoms with Gasteiger partial charge in [0.1, 0.15) is 12.4 Å². The fourth-order valence-electron chi connectivity index (χ4n) is 3.52. The average molecular weight is 356 g/mol. The highest BCUT2D eigenvalue weighted by Gasteiger charge is 2.31. The molecule has 0 bridgehead atoms.